The average molecular weight is 421 g/mol. The quantitative estimate of drug-likeness (QED) is 0.475. The zero-order valence-electron chi connectivity index (χ0n) is 17.8. The minimum atomic E-state index is -0.976. The van der Waals surface area contributed by atoms with E-state index >= 15 is 0 Å². The maximum absolute atomic E-state index is 12.4. The molecule has 160 valence electrons. The lowest BCUT2D eigenvalue weighted by molar-refractivity contribution is -0.155. The van der Waals surface area contributed by atoms with Crippen LogP contribution in [0.3, 0.4) is 0 Å². The van der Waals surface area contributed by atoms with Crippen molar-refractivity contribution in [3.05, 3.63) is 53.9 Å². The summed E-state index contributed by atoms with van der Waals surface area (Å²) in [5.74, 6) is -0.562. The van der Waals surface area contributed by atoms with E-state index in [4.69, 9.17) is 13.9 Å². The fourth-order valence-electron chi connectivity index (χ4n) is 3.40. The Bertz CT molecular complexity index is 1290. The van der Waals surface area contributed by atoms with Gasteiger partial charge in [-0.2, -0.15) is 5.10 Å². The van der Waals surface area contributed by atoms with Gasteiger partial charge in [-0.05, 0) is 45.0 Å². The number of aromatic nitrogens is 2. The first-order chi connectivity index (χ1) is 14.8. The van der Waals surface area contributed by atoms with Crippen LogP contribution in [0.5, 0.6) is 5.75 Å². The van der Waals surface area contributed by atoms with E-state index in [9.17, 15) is 9.59 Å². The molecule has 0 radical (unpaired) electrons. The minimum absolute atomic E-state index is 0.316. The van der Waals surface area contributed by atoms with Gasteiger partial charge in [-0.25, -0.2) is 4.79 Å². The fraction of sp³-hybridized carbons (Fsp3) is 0.261. The first-order valence-corrected chi connectivity index (χ1v) is 9.88. The second-order valence-electron chi connectivity index (χ2n) is 7.34. The maximum Gasteiger partial charge on any atom is 0.344 e. The first-order valence-electron chi connectivity index (χ1n) is 9.88. The molecule has 0 bridgehead atoms. The van der Waals surface area contributed by atoms with Gasteiger partial charge in [0.2, 0.25) is 0 Å². The molecule has 1 N–H and O–H groups in total. The van der Waals surface area contributed by atoms with E-state index in [2.05, 4.69) is 10.4 Å². The van der Waals surface area contributed by atoms with Gasteiger partial charge >= 0.3 is 5.97 Å². The van der Waals surface area contributed by atoms with Crippen molar-refractivity contribution in [2.24, 2.45) is 7.05 Å². The standard InChI is InChI=1S/C23H23N3O5/c1-13-22(14(2)26(4)25-13)24-23(28)15(3)30-21(27)12-29-16-9-10-20-18(11-16)17-7-5-6-8-19(17)31-20/h5-11,15H,12H2,1-4H3,(H,24,28). The summed E-state index contributed by atoms with van der Waals surface area (Å²) in [6.45, 7) is 4.84. The van der Waals surface area contributed by atoms with Gasteiger partial charge in [0.1, 0.15) is 16.9 Å². The lowest BCUT2D eigenvalue weighted by Crippen LogP contribution is -2.32. The number of carbonyl (C=O) groups excluding carboxylic acids is 2. The van der Waals surface area contributed by atoms with Crippen molar-refractivity contribution >= 4 is 39.5 Å². The minimum Gasteiger partial charge on any atom is -0.482 e. The predicted molar refractivity (Wildman–Crippen MR) is 116 cm³/mol. The molecule has 31 heavy (non-hydrogen) atoms. The lowest BCUT2D eigenvalue weighted by atomic mass is 10.1. The smallest absolute Gasteiger partial charge is 0.344 e. The average Bonchev–Trinajstić information content (AvgIpc) is 3.23. The second-order valence-corrected chi connectivity index (χ2v) is 7.34. The highest BCUT2D eigenvalue weighted by Crippen LogP contribution is 2.31. The summed E-state index contributed by atoms with van der Waals surface area (Å²) in [6, 6.07) is 13.0. The molecule has 1 amide bonds. The monoisotopic (exact) mass is 421 g/mol. The van der Waals surface area contributed by atoms with Crippen LogP contribution in [0.4, 0.5) is 5.69 Å². The van der Waals surface area contributed by atoms with Crippen LogP contribution in [0.15, 0.2) is 46.9 Å². The summed E-state index contributed by atoms with van der Waals surface area (Å²) in [4.78, 5) is 24.6. The normalized spacial score (nSPS) is 12.1. The van der Waals surface area contributed by atoms with Crippen molar-refractivity contribution in [1.82, 2.24) is 9.78 Å². The summed E-state index contributed by atoms with van der Waals surface area (Å²) < 4.78 is 18.2. The number of carbonyl (C=O) groups is 2. The lowest BCUT2D eigenvalue weighted by Gasteiger charge is -2.14. The molecule has 0 aliphatic heterocycles. The summed E-state index contributed by atoms with van der Waals surface area (Å²) in [6.07, 6.45) is -0.976. The maximum atomic E-state index is 12.4. The number of fused-ring (bicyclic) bond motifs is 3. The number of rotatable bonds is 6. The Morgan fingerprint density at radius 2 is 1.87 bits per heavy atom. The molecule has 0 saturated carbocycles. The molecular formula is C23H23N3O5. The number of nitrogens with one attached hydrogen (secondary N) is 1. The fourth-order valence-corrected chi connectivity index (χ4v) is 3.40. The third-order valence-corrected chi connectivity index (χ3v) is 5.14. The largest absolute Gasteiger partial charge is 0.482 e. The van der Waals surface area contributed by atoms with Crippen LogP contribution in [-0.2, 0) is 21.4 Å². The Balaban J connectivity index is 1.36. The van der Waals surface area contributed by atoms with Gasteiger partial charge in [0.05, 0.1) is 17.1 Å². The molecule has 0 aliphatic rings. The van der Waals surface area contributed by atoms with E-state index in [1.165, 1.54) is 6.92 Å². The van der Waals surface area contributed by atoms with Crippen LogP contribution in [0, 0.1) is 13.8 Å². The van der Waals surface area contributed by atoms with Crippen molar-refractivity contribution in [1.29, 1.82) is 0 Å². The Morgan fingerprint density at radius 1 is 1.13 bits per heavy atom. The van der Waals surface area contributed by atoms with E-state index in [0.29, 0.717) is 17.1 Å². The van der Waals surface area contributed by atoms with Crippen LogP contribution in [0.1, 0.15) is 18.3 Å². The van der Waals surface area contributed by atoms with Crippen molar-refractivity contribution in [3.8, 4) is 5.75 Å². The van der Waals surface area contributed by atoms with Crippen LogP contribution in [0.25, 0.3) is 21.9 Å². The molecule has 2 aromatic heterocycles. The predicted octanol–water partition coefficient (Wildman–Crippen LogP) is 3.89. The molecule has 2 aromatic carbocycles. The third-order valence-electron chi connectivity index (χ3n) is 5.14. The molecule has 1 atom stereocenters. The summed E-state index contributed by atoms with van der Waals surface area (Å²) in [7, 11) is 1.79. The highest BCUT2D eigenvalue weighted by atomic mass is 16.6. The zero-order chi connectivity index (χ0) is 22.1. The van der Waals surface area contributed by atoms with E-state index in [1.54, 1.807) is 30.8 Å². The SMILES string of the molecule is Cc1nn(C)c(C)c1NC(=O)C(C)OC(=O)COc1ccc2oc3ccccc3c2c1. The Morgan fingerprint density at radius 3 is 2.61 bits per heavy atom. The van der Waals surface area contributed by atoms with Gasteiger partial charge in [0, 0.05) is 17.8 Å². The summed E-state index contributed by atoms with van der Waals surface area (Å²) in [5.41, 5.74) is 3.65. The van der Waals surface area contributed by atoms with Crippen molar-refractivity contribution in [2.75, 3.05) is 11.9 Å². The van der Waals surface area contributed by atoms with Crippen molar-refractivity contribution in [2.45, 2.75) is 26.9 Å². The molecule has 0 aliphatic carbocycles. The van der Waals surface area contributed by atoms with Gasteiger partial charge in [0.25, 0.3) is 5.91 Å². The van der Waals surface area contributed by atoms with Gasteiger partial charge in [-0.15, -0.1) is 0 Å². The summed E-state index contributed by atoms with van der Waals surface area (Å²) >= 11 is 0. The van der Waals surface area contributed by atoms with Gasteiger partial charge in [-0.3, -0.25) is 9.48 Å². The van der Waals surface area contributed by atoms with Crippen LogP contribution < -0.4 is 10.1 Å². The number of para-hydroxylation sites is 1. The van der Waals surface area contributed by atoms with Crippen molar-refractivity contribution < 1.29 is 23.5 Å². The number of nitrogens with zero attached hydrogens (tertiary/aromatic N) is 2. The van der Waals surface area contributed by atoms with Crippen LogP contribution in [-0.4, -0.2) is 34.4 Å². The van der Waals surface area contributed by atoms with E-state index in [-0.39, 0.29) is 6.61 Å². The number of ether oxygens (including phenoxy) is 2. The van der Waals surface area contributed by atoms with Crippen LogP contribution >= 0.6 is 0 Å². The van der Waals surface area contributed by atoms with Crippen LogP contribution in [0.2, 0.25) is 0 Å². The number of anilines is 1. The Kier molecular flexibility index (Phi) is 5.37. The molecule has 1 unspecified atom stereocenters. The molecule has 8 heteroatoms. The number of benzene rings is 2. The number of hydrogen-bond donors (Lipinski definition) is 1. The Labute approximate surface area is 178 Å². The molecule has 4 aromatic rings. The zero-order valence-corrected chi connectivity index (χ0v) is 17.8. The second kappa shape index (κ2) is 8.14. The Hall–Kier alpha value is -3.81. The van der Waals surface area contributed by atoms with E-state index < -0.39 is 18.0 Å². The molecular weight excluding hydrogens is 398 g/mol. The third kappa shape index (κ3) is 4.09. The number of furan rings is 1. The molecule has 0 fully saturated rings. The molecule has 0 saturated heterocycles. The number of esters is 1. The first kappa shape index (κ1) is 20.5. The van der Waals surface area contributed by atoms with Gasteiger partial charge in [-0.1, -0.05) is 18.2 Å². The summed E-state index contributed by atoms with van der Waals surface area (Å²) in [5, 5.41) is 8.88. The molecule has 2 heterocycles. The highest BCUT2D eigenvalue weighted by molar-refractivity contribution is 6.05. The van der Waals surface area contributed by atoms with Gasteiger partial charge < -0.3 is 19.2 Å². The molecule has 4 rings (SSSR count). The van der Waals surface area contributed by atoms with Crippen molar-refractivity contribution in [3.63, 3.8) is 0 Å². The van der Waals surface area contributed by atoms with E-state index in [1.807, 2.05) is 37.3 Å². The molecule has 8 nitrogen and oxygen atoms in total. The number of amides is 1. The highest BCUT2D eigenvalue weighted by Gasteiger charge is 2.21. The topological polar surface area (TPSA) is 95.6 Å². The number of hydrogen-bond acceptors (Lipinski definition) is 6. The molecule has 0 spiro atoms. The van der Waals surface area contributed by atoms with E-state index in [0.717, 1.165) is 27.6 Å². The number of aryl methyl sites for hydroxylation is 2. The van der Waals surface area contributed by atoms with Gasteiger partial charge in [0.15, 0.2) is 12.7 Å².